The first kappa shape index (κ1) is 13.5. The van der Waals surface area contributed by atoms with Gasteiger partial charge in [0.25, 0.3) is 0 Å². The standard InChI is InChI=1S/C12H22OSi/c1-11(7-9-13)8-10-14(5,6)12(2,3)4/h7,13H,9H2,1-6H3/b11-7+. The Kier molecular flexibility index (Phi) is 4.63. The van der Waals surface area contributed by atoms with Gasteiger partial charge in [0.2, 0.25) is 0 Å². The van der Waals surface area contributed by atoms with Crippen LogP contribution in [0.5, 0.6) is 0 Å². The van der Waals surface area contributed by atoms with Gasteiger partial charge in [-0.15, -0.1) is 5.54 Å². The SMILES string of the molecule is C/C(C#C[Si](C)(C)C(C)(C)C)=C\CO. The molecule has 1 N–H and O–H groups in total. The fourth-order valence-corrected chi connectivity index (χ4v) is 1.51. The maximum Gasteiger partial charge on any atom is 0.138 e. The van der Waals surface area contributed by atoms with Crippen molar-refractivity contribution in [3.05, 3.63) is 11.6 Å². The molecule has 0 saturated carbocycles. The third-order valence-corrected chi connectivity index (χ3v) is 7.34. The van der Waals surface area contributed by atoms with E-state index in [0.717, 1.165) is 5.57 Å². The fraction of sp³-hybridized carbons (Fsp3) is 0.667. The minimum absolute atomic E-state index is 0.0814. The molecular weight excluding hydrogens is 188 g/mol. The molecule has 0 radical (unpaired) electrons. The first-order chi connectivity index (χ1) is 6.20. The monoisotopic (exact) mass is 210 g/mol. The van der Waals surface area contributed by atoms with Crippen LogP contribution in [0.25, 0.3) is 0 Å². The Hall–Kier alpha value is -0.523. The van der Waals surface area contributed by atoms with Gasteiger partial charge < -0.3 is 5.11 Å². The summed E-state index contributed by atoms with van der Waals surface area (Å²) >= 11 is 0. The number of rotatable bonds is 1. The molecule has 80 valence electrons. The van der Waals surface area contributed by atoms with Crippen molar-refractivity contribution in [1.29, 1.82) is 0 Å². The smallest absolute Gasteiger partial charge is 0.138 e. The molecule has 0 rings (SSSR count). The molecule has 0 bridgehead atoms. The molecule has 0 saturated heterocycles. The molecule has 14 heavy (non-hydrogen) atoms. The van der Waals surface area contributed by atoms with E-state index in [9.17, 15) is 0 Å². The lowest BCUT2D eigenvalue weighted by atomic mass is 10.2. The van der Waals surface area contributed by atoms with Gasteiger partial charge in [0.15, 0.2) is 0 Å². The lowest BCUT2D eigenvalue weighted by Gasteiger charge is -2.31. The number of aliphatic hydroxyl groups is 1. The van der Waals surface area contributed by atoms with Gasteiger partial charge in [0.1, 0.15) is 8.07 Å². The van der Waals surface area contributed by atoms with Gasteiger partial charge in [-0.2, -0.15) is 0 Å². The van der Waals surface area contributed by atoms with Crippen LogP contribution in [0, 0.1) is 11.5 Å². The van der Waals surface area contributed by atoms with Crippen LogP contribution < -0.4 is 0 Å². The maximum absolute atomic E-state index is 8.69. The topological polar surface area (TPSA) is 20.2 Å². The first-order valence-corrected chi connectivity index (χ1v) is 8.01. The molecule has 0 aromatic carbocycles. The van der Waals surface area contributed by atoms with Crippen LogP contribution in [0.15, 0.2) is 11.6 Å². The largest absolute Gasteiger partial charge is 0.392 e. The highest BCUT2D eigenvalue weighted by Gasteiger charge is 2.33. The van der Waals surface area contributed by atoms with E-state index >= 15 is 0 Å². The summed E-state index contributed by atoms with van der Waals surface area (Å²) < 4.78 is 0. The Morgan fingerprint density at radius 2 is 1.86 bits per heavy atom. The highest BCUT2D eigenvalue weighted by atomic mass is 28.3. The minimum atomic E-state index is -1.48. The van der Waals surface area contributed by atoms with Gasteiger partial charge in [0.05, 0.1) is 6.61 Å². The lowest BCUT2D eigenvalue weighted by Crippen LogP contribution is -2.35. The molecule has 0 atom stereocenters. The average Bonchev–Trinajstić information content (AvgIpc) is 1.99. The zero-order valence-corrected chi connectivity index (χ0v) is 11.2. The Labute approximate surface area is 89.2 Å². The molecule has 0 fully saturated rings. The molecule has 0 aliphatic heterocycles. The van der Waals surface area contributed by atoms with Crippen molar-refractivity contribution in [2.45, 2.75) is 45.8 Å². The van der Waals surface area contributed by atoms with E-state index in [2.05, 4.69) is 45.3 Å². The Bertz CT molecular complexity index is 271. The van der Waals surface area contributed by atoms with Crippen LogP contribution >= 0.6 is 0 Å². The van der Waals surface area contributed by atoms with Gasteiger partial charge in [0, 0.05) is 0 Å². The summed E-state index contributed by atoms with van der Waals surface area (Å²) in [6.07, 6.45) is 1.75. The summed E-state index contributed by atoms with van der Waals surface area (Å²) in [6, 6.07) is 0. The quantitative estimate of drug-likeness (QED) is 0.521. The van der Waals surface area contributed by atoms with Gasteiger partial charge in [-0.05, 0) is 23.6 Å². The highest BCUT2D eigenvalue weighted by Crippen LogP contribution is 2.35. The van der Waals surface area contributed by atoms with Crippen LogP contribution in [-0.2, 0) is 0 Å². The third-order valence-electron chi connectivity index (χ3n) is 2.84. The molecule has 0 spiro atoms. The van der Waals surface area contributed by atoms with Crippen molar-refractivity contribution in [2.24, 2.45) is 0 Å². The van der Waals surface area contributed by atoms with E-state index in [-0.39, 0.29) is 6.61 Å². The van der Waals surface area contributed by atoms with E-state index in [1.54, 1.807) is 6.08 Å². The molecule has 1 nitrogen and oxygen atoms in total. The number of hydrogen-bond acceptors (Lipinski definition) is 1. The summed E-state index contributed by atoms with van der Waals surface area (Å²) in [6.45, 7) is 13.3. The van der Waals surface area contributed by atoms with Crippen molar-refractivity contribution in [3.8, 4) is 11.5 Å². The van der Waals surface area contributed by atoms with Crippen LogP contribution in [0.2, 0.25) is 18.1 Å². The Morgan fingerprint density at radius 1 is 1.36 bits per heavy atom. The van der Waals surface area contributed by atoms with Gasteiger partial charge in [-0.25, -0.2) is 0 Å². The zero-order chi connectivity index (χ0) is 11.4. The molecule has 0 unspecified atom stereocenters. The summed E-state index contributed by atoms with van der Waals surface area (Å²) in [5, 5.41) is 9.00. The first-order valence-electron chi connectivity index (χ1n) is 5.01. The molecule has 0 aromatic rings. The van der Waals surface area contributed by atoms with Crippen molar-refractivity contribution < 1.29 is 5.11 Å². The second-order valence-electron chi connectivity index (χ2n) is 5.19. The predicted molar refractivity (Wildman–Crippen MR) is 65.8 cm³/mol. The summed E-state index contributed by atoms with van der Waals surface area (Å²) in [5.41, 5.74) is 4.36. The zero-order valence-electron chi connectivity index (χ0n) is 10.2. The summed E-state index contributed by atoms with van der Waals surface area (Å²) in [7, 11) is -1.48. The number of aliphatic hydroxyl groups excluding tert-OH is 1. The number of hydrogen-bond donors (Lipinski definition) is 1. The maximum atomic E-state index is 8.69. The van der Waals surface area contributed by atoms with Crippen LogP contribution in [-0.4, -0.2) is 19.8 Å². The second-order valence-corrected chi connectivity index (χ2v) is 10.2. The van der Waals surface area contributed by atoms with E-state index in [1.165, 1.54) is 0 Å². The molecular formula is C12H22OSi. The molecule has 0 heterocycles. The average molecular weight is 210 g/mol. The minimum Gasteiger partial charge on any atom is -0.392 e. The third kappa shape index (κ3) is 4.12. The molecule has 0 aromatic heterocycles. The van der Waals surface area contributed by atoms with Gasteiger partial charge in [-0.3, -0.25) is 0 Å². The van der Waals surface area contributed by atoms with Gasteiger partial charge in [-0.1, -0.05) is 39.8 Å². The fourth-order valence-electron chi connectivity index (χ4n) is 0.630. The molecule has 0 aliphatic rings. The van der Waals surface area contributed by atoms with E-state index in [0.29, 0.717) is 5.04 Å². The Morgan fingerprint density at radius 3 is 2.21 bits per heavy atom. The van der Waals surface area contributed by atoms with Crippen LogP contribution in [0.3, 0.4) is 0 Å². The lowest BCUT2D eigenvalue weighted by molar-refractivity contribution is 0.342. The van der Waals surface area contributed by atoms with E-state index in [1.807, 2.05) is 6.92 Å². The second kappa shape index (κ2) is 4.81. The van der Waals surface area contributed by atoms with Crippen molar-refractivity contribution in [1.82, 2.24) is 0 Å². The van der Waals surface area contributed by atoms with Gasteiger partial charge >= 0.3 is 0 Å². The van der Waals surface area contributed by atoms with E-state index in [4.69, 9.17) is 5.11 Å². The van der Waals surface area contributed by atoms with Crippen LogP contribution in [0.4, 0.5) is 0 Å². The normalized spacial score (nSPS) is 13.5. The highest BCUT2D eigenvalue weighted by molar-refractivity contribution is 6.87. The molecule has 0 amide bonds. The Balaban J connectivity index is 4.74. The van der Waals surface area contributed by atoms with Crippen molar-refractivity contribution >= 4 is 8.07 Å². The predicted octanol–water partition coefficient (Wildman–Crippen LogP) is 2.98. The van der Waals surface area contributed by atoms with E-state index < -0.39 is 8.07 Å². The van der Waals surface area contributed by atoms with Crippen molar-refractivity contribution in [3.63, 3.8) is 0 Å². The van der Waals surface area contributed by atoms with Crippen molar-refractivity contribution in [2.75, 3.05) is 6.61 Å². The number of allylic oxidation sites excluding steroid dienone is 1. The molecule has 2 heteroatoms. The summed E-state index contributed by atoms with van der Waals surface area (Å²) in [5.74, 6) is 3.14. The van der Waals surface area contributed by atoms with Crippen LogP contribution in [0.1, 0.15) is 27.7 Å². The molecule has 0 aliphatic carbocycles. The summed E-state index contributed by atoms with van der Waals surface area (Å²) in [4.78, 5) is 0.